The molecule has 0 spiro atoms. The van der Waals surface area contributed by atoms with Crippen LogP contribution in [0.15, 0.2) is 53.9 Å². The van der Waals surface area contributed by atoms with Crippen LogP contribution in [0.4, 0.5) is 0 Å². The Hall–Kier alpha value is -2.74. The fraction of sp³-hybridized carbons (Fsp3) is 0.385. The number of hydrogen-bond acceptors (Lipinski definition) is 6. The third-order valence-corrected chi connectivity index (χ3v) is 6.72. The molecule has 1 aliphatic heterocycles. The summed E-state index contributed by atoms with van der Waals surface area (Å²) in [6, 6.07) is 15.7. The number of benzene rings is 2. The number of rotatable bonds is 9. The maximum Gasteiger partial charge on any atom is 0.254 e. The van der Waals surface area contributed by atoms with E-state index in [1.165, 1.54) is 0 Å². The van der Waals surface area contributed by atoms with Crippen LogP contribution in [-0.2, 0) is 17.9 Å². The summed E-state index contributed by atoms with van der Waals surface area (Å²) in [5.74, 6) is 0.920. The number of nitrogens with zero attached hydrogens (tertiary/aromatic N) is 3. The lowest BCUT2D eigenvalue weighted by molar-refractivity contribution is 0.0319. The number of carbonyl (C=O) groups is 1. The van der Waals surface area contributed by atoms with Crippen molar-refractivity contribution in [3.05, 3.63) is 81.3 Å². The Labute approximate surface area is 199 Å². The van der Waals surface area contributed by atoms with E-state index in [-0.39, 0.29) is 5.91 Å². The van der Waals surface area contributed by atoms with Crippen LogP contribution < -0.4 is 4.74 Å². The fourth-order valence-electron chi connectivity index (χ4n) is 3.86. The number of thiazole rings is 1. The molecule has 1 aliphatic rings. The monoisotopic (exact) mass is 465 g/mol. The SMILES string of the molecule is Cc1ccccc1OCc1nc(CN(CCN2CCOCC2)C(=O)c2ccccc2C)cs1. The van der Waals surface area contributed by atoms with Gasteiger partial charge in [0.05, 0.1) is 25.5 Å². The molecule has 7 heteroatoms. The van der Waals surface area contributed by atoms with Crippen LogP contribution in [0.2, 0.25) is 0 Å². The van der Waals surface area contributed by atoms with Gasteiger partial charge in [-0.05, 0) is 37.1 Å². The molecule has 1 amide bonds. The highest BCUT2D eigenvalue weighted by molar-refractivity contribution is 7.09. The van der Waals surface area contributed by atoms with Crippen LogP contribution >= 0.6 is 11.3 Å². The zero-order valence-electron chi connectivity index (χ0n) is 19.3. The van der Waals surface area contributed by atoms with Gasteiger partial charge in [-0.15, -0.1) is 11.3 Å². The number of hydrogen-bond donors (Lipinski definition) is 0. The highest BCUT2D eigenvalue weighted by atomic mass is 32.1. The Morgan fingerprint density at radius 3 is 2.58 bits per heavy atom. The van der Waals surface area contributed by atoms with Gasteiger partial charge in [0.15, 0.2) is 0 Å². The number of morpholine rings is 1. The molecule has 0 saturated carbocycles. The van der Waals surface area contributed by atoms with Gasteiger partial charge in [0.1, 0.15) is 17.4 Å². The van der Waals surface area contributed by atoms with E-state index in [4.69, 9.17) is 14.5 Å². The Bertz CT molecular complexity index is 1060. The van der Waals surface area contributed by atoms with Gasteiger partial charge in [0.2, 0.25) is 0 Å². The molecule has 0 N–H and O–H groups in total. The third kappa shape index (κ3) is 6.41. The Kier molecular flexibility index (Phi) is 8.10. The van der Waals surface area contributed by atoms with Gasteiger partial charge in [-0.2, -0.15) is 0 Å². The Morgan fingerprint density at radius 1 is 1.09 bits per heavy atom. The van der Waals surface area contributed by atoms with Crippen LogP contribution in [0.5, 0.6) is 5.75 Å². The second-order valence-electron chi connectivity index (χ2n) is 8.28. The number of ether oxygens (including phenoxy) is 2. The smallest absolute Gasteiger partial charge is 0.254 e. The summed E-state index contributed by atoms with van der Waals surface area (Å²) in [5.41, 5.74) is 3.74. The predicted octanol–water partition coefficient (Wildman–Crippen LogP) is 4.31. The van der Waals surface area contributed by atoms with Gasteiger partial charge in [-0.1, -0.05) is 36.4 Å². The molecule has 3 aromatic rings. The van der Waals surface area contributed by atoms with Crippen LogP contribution in [0.1, 0.15) is 32.2 Å². The normalized spacial score (nSPS) is 14.2. The number of aromatic nitrogens is 1. The summed E-state index contributed by atoms with van der Waals surface area (Å²) in [6.07, 6.45) is 0. The first kappa shape index (κ1) is 23.4. The largest absolute Gasteiger partial charge is 0.486 e. The van der Waals surface area contributed by atoms with E-state index < -0.39 is 0 Å². The van der Waals surface area contributed by atoms with Crippen LogP contribution in [0.3, 0.4) is 0 Å². The van der Waals surface area contributed by atoms with E-state index in [0.717, 1.165) is 66.0 Å². The topological polar surface area (TPSA) is 54.9 Å². The summed E-state index contributed by atoms with van der Waals surface area (Å²) in [4.78, 5) is 22.5. The molecule has 1 aromatic heterocycles. The lowest BCUT2D eigenvalue weighted by Gasteiger charge is -2.30. The second-order valence-corrected chi connectivity index (χ2v) is 9.23. The molecule has 1 fully saturated rings. The minimum atomic E-state index is 0.0482. The molecule has 33 heavy (non-hydrogen) atoms. The van der Waals surface area contributed by atoms with E-state index in [9.17, 15) is 4.79 Å². The second kappa shape index (κ2) is 11.4. The fourth-order valence-corrected chi connectivity index (χ4v) is 4.56. The molecule has 0 unspecified atom stereocenters. The van der Waals surface area contributed by atoms with Gasteiger partial charge in [0, 0.05) is 37.1 Å². The van der Waals surface area contributed by atoms with E-state index in [1.807, 2.05) is 72.7 Å². The first-order valence-corrected chi connectivity index (χ1v) is 12.2. The van der Waals surface area contributed by atoms with E-state index >= 15 is 0 Å². The summed E-state index contributed by atoms with van der Waals surface area (Å²) in [5, 5.41) is 2.94. The van der Waals surface area contributed by atoms with Crippen molar-refractivity contribution in [1.82, 2.24) is 14.8 Å². The van der Waals surface area contributed by atoms with Crippen molar-refractivity contribution in [2.24, 2.45) is 0 Å². The summed E-state index contributed by atoms with van der Waals surface area (Å²) in [6.45, 7) is 9.72. The van der Waals surface area contributed by atoms with Crippen molar-refractivity contribution in [2.45, 2.75) is 27.0 Å². The summed E-state index contributed by atoms with van der Waals surface area (Å²) < 4.78 is 11.4. The van der Waals surface area contributed by atoms with Gasteiger partial charge in [0.25, 0.3) is 5.91 Å². The average molecular weight is 466 g/mol. The predicted molar refractivity (Wildman–Crippen MR) is 131 cm³/mol. The molecule has 2 heterocycles. The van der Waals surface area contributed by atoms with Gasteiger partial charge in [-0.3, -0.25) is 9.69 Å². The molecule has 0 aliphatic carbocycles. The highest BCUT2D eigenvalue weighted by Gasteiger charge is 2.21. The summed E-state index contributed by atoms with van der Waals surface area (Å²) >= 11 is 1.57. The molecular weight excluding hydrogens is 434 g/mol. The molecule has 174 valence electrons. The van der Waals surface area contributed by atoms with Crippen LogP contribution in [-0.4, -0.2) is 60.1 Å². The number of para-hydroxylation sites is 1. The van der Waals surface area contributed by atoms with E-state index in [0.29, 0.717) is 19.7 Å². The van der Waals surface area contributed by atoms with Gasteiger partial charge >= 0.3 is 0 Å². The van der Waals surface area contributed by atoms with Crippen molar-refractivity contribution >= 4 is 17.2 Å². The molecule has 0 radical (unpaired) electrons. The maximum absolute atomic E-state index is 13.4. The van der Waals surface area contributed by atoms with Gasteiger partial charge in [-0.25, -0.2) is 4.98 Å². The minimum Gasteiger partial charge on any atom is -0.486 e. The van der Waals surface area contributed by atoms with E-state index in [2.05, 4.69) is 4.90 Å². The molecule has 0 bridgehead atoms. The molecule has 4 rings (SSSR count). The number of amides is 1. The molecule has 2 aromatic carbocycles. The van der Waals surface area contributed by atoms with Crippen LogP contribution in [0.25, 0.3) is 0 Å². The minimum absolute atomic E-state index is 0.0482. The molecule has 1 saturated heterocycles. The molecule has 6 nitrogen and oxygen atoms in total. The Balaban J connectivity index is 1.43. The first-order chi connectivity index (χ1) is 16.1. The maximum atomic E-state index is 13.4. The summed E-state index contributed by atoms with van der Waals surface area (Å²) in [7, 11) is 0. The van der Waals surface area contributed by atoms with Crippen molar-refractivity contribution < 1.29 is 14.3 Å². The van der Waals surface area contributed by atoms with Crippen molar-refractivity contribution in [3.63, 3.8) is 0 Å². The zero-order valence-corrected chi connectivity index (χ0v) is 20.1. The first-order valence-electron chi connectivity index (χ1n) is 11.4. The standard InChI is InChI=1S/C26H31N3O3S/c1-20-7-3-5-9-23(20)26(30)29(12-11-28-13-15-31-16-14-28)17-22-19-33-25(27-22)18-32-24-10-6-4-8-21(24)2/h3-10,19H,11-18H2,1-2H3. The molecular formula is C26H31N3O3S. The third-order valence-electron chi connectivity index (χ3n) is 5.85. The lowest BCUT2D eigenvalue weighted by Crippen LogP contribution is -2.43. The highest BCUT2D eigenvalue weighted by Crippen LogP contribution is 2.20. The van der Waals surface area contributed by atoms with Crippen LogP contribution in [0, 0.1) is 13.8 Å². The Morgan fingerprint density at radius 2 is 1.82 bits per heavy atom. The quantitative estimate of drug-likeness (QED) is 0.471. The zero-order chi connectivity index (χ0) is 23.0. The van der Waals surface area contributed by atoms with E-state index in [1.54, 1.807) is 11.3 Å². The average Bonchev–Trinajstić information content (AvgIpc) is 3.29. The number of carbonyl (C=O) groups excluding carboxylic acids is 1. The van der Waals surface area contributed by atoms with Crippen molar-refractivity contribution in [2.75, 3.05) is 39.4 Å². The number of aryl methyl sites for hydroxylation is 2. The van der Waals surface area contributed by atoms with Gasteiger partial charge < -0.3 is 14.4 Å². The van der Waals surface area contributed by atoms with Crippen molar-refractivity contribution in [3.8, 4) is 5.75 Å². The lowest BCUT2D eigenvalue weighted by atomic mass is 10.1. The molecule has 0 atom stereocenters. The van der Waals surface area contributed by atoms with Crippen molar-refractivity contribution in [1.29, 1.82) is 0 Å².